The van der Waals surface area contributed by atoms with Crippen LogP contribution in [0.5, 0.6) is 5.75 Å². The standard InChI is InChI=1S/C20H24N2O3S/c1-25-17-4-5-18(14-6-7-26-12-14)19(10-17)22(20(23)24)11-13-8-15-2-3-16(9-13)21-15/h4-7,10,12-13,15-16,21H,2-3,8-9,11H2,1H3,(H,23,24)/t13-,15+,16-. The van der Waals surface area contributed by atoms with E-state index in [0.29, 0.717) is 36.0 Å². The van der Waals surface area contributed by atoms with Crippen molar-refractivity contribution in [3.05, 3.63) is 35.0 Å². The molecule has 0 radical (unpaired) electrons. The van der Waals surface area contributed by atoms with E-state index in [1.54, 1.807) is 18.4 Å². The Hall–Kier alpha value is -2.05. The molecular weight excluding hydrogens is 348 g/mol. The fraction of sp³-hybridized carbons (Fsp3) is 0.450. The van der Waals surface area contributed by atoms with Gasteiger partial charge in [0.25, 0.3) is 0 Å². The van der Waals surface area contributed by atoms with E-state index < -0.39 is 6.09 Å². The lowest BCUT2D eigenvalue weighted by Crippen LogP contribution is -2.43. The number of thiophene rings is 1. The third-order valence-electron chi connectivity index (χ3n) is 5.57. The minimum Gasteiger partial charge on any atom is -0.497 e. The molecule has 0 unspecified atom stereocenters. The molecule has 2 bridgehead atoms. The van der Waals surface area contributed by atoms with Crippen LogP contribution in [-0.4, -0.2) is 36.9 Å². The number of rotatable bonds is 5. The quantitative estimate of drug-likeness (QED) is 0.815. The second-order valence-electron chi connectivity index (χ2n) is 7.26. The smallest absolute Gasteiger partial charge is 0.411 e. The minimum atomic E-state index is -0.902. The van der Waals surface area contributed by atoms with Crippen molar-refractivity contribution in [3.63, 3.8) is 0 Å². The van der Waals surface area contributed by atoms with Crippen LogP contribution in [0.2, 0.25) is 0 Å². The molecule has 2 fully saturated rings. The van der Waals surface area contributed by atoms with Crippen molar-refractivity contribution in [1.29, 1.82) is 0 Å². The number of benzene rings is 1. The van der Waals surface area contributed by atoms with E-state index in [4.69, 9.17) is 4.74 Å². The second-order valence-corrected chi connectivity index (χ2v) is 8.04. The van der Waals surface area contributed by atoms with E-state index in [2.05, 4.69) is 10.7 Å². The Bertz CT molecular complexity index is 765. The number of hydrogen-bond acceptors (Lipinski definition) is 4. The van der Waals surface area contributed by atoms with Gasteiger partial charge in [-0.3, -0.25) is 4.90 Å². The van der Waals surface area contributed by atoms with Gasteiger partial charge in [0.15, 0.2) is 0 Å². The van der Waals surface area contributed by atoms with Gasteiger partial charge in [0.1, 0.15) is 5.75 Å². The second kappa shape index (κ2) is 7.29. The molecule has 3 heterocycles. The van der Waals surface area contributed by atoms with Crippen LogP contribution in [0.4, 0.5) is 10.5 Å². The summed E-state index contributed by atoms with van der Waals surface area (Å²) in [6, 6.07) is 8.82. The number of amides is 1. The Kier molecular flexibility index (Phi) is 4.87. The summed E-state index contributed by atoms with van der Waals surface area (Å²) in [5.41, 5.74) is 2.69. The van der Waals surface area contributed by atoms with Crippen molar-refractivity contribution < 1.29 is 14.6 Å². The molecule has 26 heavy (non-hydrogen) atoms. The van der Waals surface area contributed by atoms with Crippen LogP contribution >= 0.6 is 11.3 Å². The monoisotopic (exact) mass is 372 g/mol. The van der Waals surface area contributed by atoms with E-state index in [-0.39, 0.29) is 0 Å². The number of carboxylic acid groups (broad SMARTS) is 1. The van der Waals surface area contributed by atoms with Gasteiger partial charge in [0.2, 0.25) is 0 Å². The number of hydrogen-bond donors (Lipinski definition) is 2. The number of carbonyl (C=O) groups is 1. The van der Waals surface area contributed by atoms with Crippen LogP contribution in [-0.2, 0) is 0 Å². The molecule has 3 atom stereocenters. The highest BCUT2D eigenvalue weighted by Gasteiger charge is 2.35. The summed E-state index contributed by atoms with van der Waals surface area (Å²) in [4.78, 5) is 13.7. The zero-order valence-corrected chi connectivity index (χ0v) is 15.7. The first-order valence-electron chi connectivity index (χ1n) is 9.11. The van der Waals surface area contributed by atoms with Gasteiger partial charge < -0.3 is 15.2 Å². The minimum absolute atomic E-state index is 0.395. The zero-order chi connectivity index (χ0) is 18.1. The van der Waals surface area contributed by atoms with Crippen LogP contribution in [0.25, 0.3) is 11.1 Å². The number of anilines is 1. The van der Waals surface area contributed by atoms with Gasteiger partial charge in [-0.15, -0.1) is 0 Å². The predicted octanol–water partition coefficient (Wildman–Crippen LogP) is 4.44. The molecule has 2 saturated heterocycles. The Morgan fingerprint density at radius 2 is 2.08 bits per heavy atom. The SMILES string of the molecule is COc1ccc(-c2ccsc2)c(N(C[C@H]2C[C@H]3CC[C@@H](C2)N3)C(=O)O)c1. The van der Waals surface area contributed by atoms with Crippen LogP contribution in [0.3, 0.4) is 0 Å². The van der Waals surface area contributed by atoms with Gasteiger partial charge in [-0.2, -0.15) is 11.3 Å². The normalized spacial score (nSPS) is 24.4. The van der Waals surface area contributed by atoms with Crippen molar-refractivity contribution >= 4 is 23.1 Å². The highest BCUT2D eigenvalue weighted by Crippen LogP contribution is 2.38. The van der Waals surface area contributed by atoms with E-state index in [0.717, 1.165) is 24.0 Å². The number of fused-ring (bicyclic) bond motifs is 2. The molecule has 4 rings (SSSR count). The van der Waals surface area contributed by atoms with Crippen LogP contribution in [0.1, 0.15) is 25.7 Å². The average Bonchev–Trinajstić information content (AvgIpc) is 3.29. The fourth-order valence-electron chi connectivity index (χ4n) is 4.39. The summed E-state index contributed by atoms with van der Waals surface area (Å²) in [6.07, 6.45) is 3.64. The van der Waals surface area contributed by atoms with Crippen LogP contribution in [0, 0.1) is 5.92 Å². The molecule has 2 aliphatic rings. The summed E-state index contributed by atoms with van der Waals surface area (Å²) in [5.74, 6) is 1.07. The summed E-state index contributed by atoms with van der Waals surface area (Å²) in [6.45, 7) is 0.536. The van der Waals surface area contributed by atoms with Gasteiger partial charge in [0, 0.05) is 30.3 Å². The van der Waals surface area contributed by atoms with Crippen molar-refractivity contribution in [2.75, 3.05) is 18.6 Å². The lowest BCUT2D eigenvalue weighted by Gasteiger charge is -2.33. The third-order valence-corrected chi connectivity index (χ3v) is 6.25. The summed E-state index contributed by atoms with van der Waals surface area (Å²) in [5, 5.41) is 17.7. The van der Waals surface area contributed by atoms with E-state index in [1.165, 1.54) is 17.7 Å². The number of methoxy groups -OCH3 is 1. The topological polar surface area (TPSA) is 61.8 Å². The number of ether oxygens (including phenoxy) is 1. The first-order chi connectivity index (χ1) is 12.6. The molecule has 2 aromatic rings. The van der Waals surface area contributed by atoms with Crippen molar-refractivity contribution in [1.82, 2.24) is 5.32 Å². The molecule has 5 nitrogen and oxygen atoms in total. The summed E-state index contributed by atoms with van der Waals surface area (Å²) < 4.78 is 5.36. The van der Waals surface area contributed by atoms with Gasteiger partial charge in [-0.1, -0.05) is 0 Å². The Labute approximate surface area is 157 Å². The van der Waals surface area contributed by atoms with Crippen molar-refractivity contribution in [3.8, 4) is 16.9 Å². The maximum atomic E-state index is 12.1. The Morgan fingerprint density at radius 3 is 2.69 bits per heavy atom. The Morgan fingerprint density at radius 1 is 1.31 bits per heavy atom. The predicted molar refractivity (Wildman–Crippen MR) is 104 cm³/mol. The molecule has 1 amide bonds. The molecule has 1 aromatic carbocycles. The van der Waals surface area contributed by atoms with Gasteiger partial charge >= 0.3 is 6.09 Å². The summed E-state index contributed by atoms with van der Waals surface area (Å²) in [7, 11) is 1.61. The number of nitrogens with zero attached hydrogens (tertiary/aromatic N) is 1. The van der Waals surface area contributed by atoms with Crippen molar-refractivity contribution in [2.45, 2.75) is 37.8 Å². The molecule has 1 aromatic heterocycles. The maximum absolute atomic E-state index is 12.1. The molecule has 2 N–H and O–H groups in total. The molecule has 6 heteroatoms. The van der Waals surface area contributed by atoms with E-state index in [9.17, 15) is 9.90 Å². The molecule has 2 aliphatic heterocycles. The van der Waals surface area contributed by atoms with Crippen LogP contribution < -0.4 is 15.0 Å². The maximum Gasteiger partial charge on any atom is 0.411 e. The molecule has 0 aliphatic carbocycles. The largest absolute Gasteiger partial charge is 0.497 e. The lowest BCUT2D eigenvalue weighted by molar-refractivity contribution is 0.198. The van der Waals surface area contributed by atoms with Gasteiger partial charge in [-0.25, -0.2) is 4.79 Å². The third kappa shape index (κ3) is 3.44. The average molecular weight is 372 g/mol. The summed E-state index contributed by atoms with van der Waals surface area (Å²) >= 11 is 1.61. The van der Waals surface area contributed by atoms with Gasteiger partial charge in [0.05, 0.1) is 12.8 Å². The first-order valence-corrected chi connectivity index (χ1v) is 10.1. The number of nitrogens with one attached hydrogen (secondary N) is 1. The Balaban J connectivity index is 1.66. The lowest BCUT2D eigenvalue weighted by atomic mass is 9.91. The number of piperidine rings is 1. The highest BCUT2D eigenvalue weighted by molar-refractivity contribution is 7.08. The first kappa shape index (κ1) is 17.4. The van der Waals surface area contributed by atoms with Crippen LogP contribution in [0.15, 0.2) is 35.0 Å². The van der Waals surface area contributed by atoms with E-state index >= 15 is 0 Å². The highest BCUT2D eigenvalue weighted by atomic mass is 32.1. The fourth-order valence-corrected chi connectivity index (χ4v) is 5.04. The molecule has 0 spiro atoms. The molecular formula is C20H24N2O3S. The van der Waals surface area contributed by atoms with E-state index in [1.807, 2.05) is 29.6 Å². The van der Waals surface area contributed by atoms with Gasteiger partial charge in [-0.05, 0) is 66.1 Å². The zero-order valence-electron chi connectivity index (χ0n) is 14.9. The molecule has 138 valence electrons. The van der Waals surface area contributed by atoms with Crippen molar-refractivity contribution in [2.24, 2.45) is 5.92 Å². The molecule has 0 saturated carbocycles.